The van der Waals surface area contributed by atoms with E-state index in [1.54, 1.807) is 0 Å². The van der Waals surface area contributed by atoms with Gasteiger partial charge in [0.25, 0.3) is 0 Å². The third-order valence-corrected chi connectivity index (χ3v) is 2.87. The molecule has 0 aliphatic rings. The smallest absolute Gasteiger partial charge is 0.203 e. The minimum Gasteiger partial charge on any atom is -0.527 e. The average molecular weight is 265 g/mol. The normalized spacial score (nSPS) is 10.8. The second-order valence-corrected chi connectivity index (χ2v) is 4.29. The lowest BCUT2D eigenvalue weighted by Crippen LogP contribution is -1.99. The summed E-state index contributed by atoms with van der Waals surface area (Å²) >= 11 is 0. The Hall–Kier alpha value is -2.73. The van der Waals surface area contributed by atoms with Gasteiger partial charge >= 0.3 is 0 Å². The summed E-state index contributed by atoms with van der Waals surface area (Å²) in [4.78, 5) is 3.27. The monoisotopic (exact) mass is 265 g/mol. The number of ether oxygens (including phenoxy) is 1. The van der Waals surface area contributed by atoms with Crippen LogP contribution in [0.2, 0.25) is 0 Å². The van der Waals surface area contributed by atoms with Crippen LogP contribution in [0.4, 0.5) is 0 Å². The first-order valence-electron chi connectivity index (χ1n) is 6.29. The van der Waals surface area contributed by atoms with Crippen LogP contribution in [0.25, 0.3) is 4.85 Å². The second-order valence-electron chi connectivity index (χ2n) is 4.29. The number of nitrogens with zero attached hydrogens (tertiary/aromatic N) is 1. The fraction of sp³-hybridized carbons (Fsp3) is 0.118. The lowest BCUT2D eigenvalue weighted by atomic mass is 10.1. The number of allylic oxidation sites excluding steroid dienone is 1. The standard InChI is InChI=1S/C17H15NO2/c1-18-16(12-19)11-15-9-5-6-10-17(15)20-13-14-7-3-2-4-8-14/h2-10,12,19H,11,13H2. The highest BCUT2D eigenvalue weighted by Gasteiger charge is 2.06. The molecule has 100 valence electrons. The molecular weight excluding hydrogens is 250 g/mol. The van der Waals surface area contributed by atoms with E-state index in [4.69, 9.17) is 16.4 Å². The van der Waals surface area contributed by atoms with E-state index in [1.807, 2.05) is 54.6 Å². The van der Waals surface area contributed by atoms with E-state index in [2.05, 4.69) is 4.85 Å². The minimum atomic E-state index is 0.292. The first kappa shape index (κ1) is 13.7. The lowest BCUT2D eigenvalue weighted by Gasteiger charge is -2.11. The Labute approximate surface area is 118 Å². The molecule has 0 saturated heterocycles. The van der Waals surface area contributed by atoms with Gasteiger partial charge in [-0.25, -0.2) is 4.85 Å². The number of rotatable bonds is 5. The number of para-hydroxylation sites is 1. The van der Waals surface area contributed by atoms with Crippen LogP contribution in [-0.4, -0.2) is 5.11 Å². The van der Waals surface area contributed by atoms with Crippen LogP contribution >= 0.6 is 0 Å². The molecule has 0 aromatic heterocycles. The maximum Gasteiger partial charge on any atom is 0.203 e. The Morgan fingerprint density at radius 2 is 1.80 bits per heavy atom. The first-order chi connectivity index (χ1) is 9.83. The molecule has 2 aromatic carbocycles. The fourth-order valence-corrected chi connectivity index (χ4v) is 1.84. The van der Waals surface area contributed by atoms with Crippen molar-refractivity contribution in [3.63, 3.8) is 0 Å². The van der Waals surface area contributed by atoms with E-state index in [-0.39, 0.29) is 0 Å². The Morgan fingerprint density at radius 3 is 2.50 bits per heavy atom. The van der Waals surface area contributed by atoms with E-state index >= 15 is 0 Å². The largest absolute Gasteiger partial charge is 0.527 e. The molecule has 2 aromatic rings. The van der Waals surface area contributed by atoms with Crippen LogP contribution in [0.15, 0.2) is 66.6 Å². The molecule has 0 spiro atoms. The molecule has 0 bridgehead atoms. The Morgan fingerprint density at radius 1 is 1.10 bits per heavy atom. The van der Waals surface area contributed by atoms with Crippen molar-refractivity contribution in [1.82, 2.24) is 0 Å². The molecule has 0 aliphatic carbocycles. The van der Waals surface area contributed by atoms with Gasteiger partial charge in [-0.15, -0.1) is 0 Å². The molecule has 3 heteroatoms. The summed E-state index contributed by atoms with van der Waals surface area (Å²) in [5.41, 5.74) is 2.27. The number of hydrogen-bond acceptors (Lipinski definition) is 2. The molecule has 0 amide bonds. The van der Waals surface area contributed by atoms with Crippen molar-refractivity contribution >= 4 is 0 Å². The molecule has 20 heavy (non-hydrogen) atoms. The number of hydrogen-bond donors (Lipinski definition) is 1. The summed E-state index contributed by atoms with van der Waals surface area (Å²) in [6, 6.07) is 17.5. The van der Waals surface area contributed by atoms with Gasteiger partial charge in [0.2, 0.25) is 5.70 Å². The summed E-state index contributed by atoms with van der Waals surface area (Å²) in [7, 11) is 0. The van der Waals surface area contributed by atoms with Gasteiger partial charge in [0.15, 0.2) is 0 Å². The van der Waals surface area contributed by atoms with E-state index in [0.29, 0.717) is 18.7 Å². The topological polar surface area (TPSA) is 33.8 Å². The van der Waals surface area contributed by atoms with E-state index in [0.717, 1.165) is 23.1 Å². The highest BCUT2D eigenvalue weighted by Crippen LogP contribution is 2.22. The van der Waals surface area contributed by atoms with Crippen LogP contribution < -0.4 is 4.74 Å². The molecule has 0 saturated carbocycles. The Balaban J connectivity index is 2.10. The summed E-state index contributed by atoms with van der Waals surface area (Å²) in [6.45, 7) is 7.45. The fourth-order valence-electron chi connectivity index (χ4n) is 1.84. The third kappa shape index (κ3) is 3.63. The molecule has 2 rings (SSSR count). The molecule has 0 aliphatic heterocycles. The lowest BCUT2D eigenvalue weighted by molar-refractivity contribution is 0.303. The summed E-state index contributed by atoms with van der Waals surface area (Å²) < 4.78 is 5.80. The molecule has 1 N–H and O–H groups in total. The zero-order chi connectivity index (χ0) is 14.2. The van der Waals surface area contributed by atoms with Gasteiger partial charge < -0.3 is 9.84 Å². The van der Waals surface area contributed by atoms with Crippen molar-refractivity contribution in [2.24, 2.45) is 0 Å². The Kier molecular flexibility index (Phi) is 4.80. The van der Waals surface area contributed by atoms with Crippen LogP contribution in [-0.2, 0) is 13.0 Å². The average Bonchev–Trinajstić information content (AvgIpc) is 2.52. The van der Waals surface area contributed by atoms with Gasteiger partial charge in [0, 0.05) is 6.42 Å². The predicted molar refractivity (Wildman–Crippen MR) is 78.2 cm³/mol. The summed E-state index contributed by atoms with van der Waals surface area (Å²) in [6.07, 6.45) is 1.21. The maximum atomic E-state index is 8.97. The van der Waals surface area contributed by atoms with Crippen molar-refractivity contribution in [3.05, 3.63) is 89.1 Å². The van der Waals surface area contributed by atoms with Crippen LogP contribution in [0.1, 0.15) is 11.1 Å². The van der Waals surface area contributed by atoms with Crippen molar-refractivity contribution in [2.75, 3.05) is 0 Å². The van der Waals surface area contributed by atoms with Crippen LogP contribution in [0.3, 0.4) is 0 Å². The summed E-state index contributed by atoms with van der Waals surface area (Å²) in [5.74, 6) is 0.736. The van der Waals surface area contributed by atoms with Crippen molar-refractivity contribution in [2.45, 2.75) is 13.0 Å². The van der Waals surface area contributed by atoms with Crippen LogP contribution in [0, 0.1) is 6.57 Å². The molecule has 0 radical (unpaired) electrons. The van der Waals surface area contributed by atoms with Gasteiger partial charge in [0.05, 0.1) is 12.8 Å². The van der Waals surface area contributed by atoms with Crippen molar-refractivity contribution in [3.8, 4) is 5.75 Å². The highest BCUT2D eigenvalue weighted by atomic mass is 16.5. The third-order valence-electron chi connectivity index (χ3n) is 2.87. The number of aliphatic hydroxyl groups excluding tert-OH is 1. The molecule has 0 unspecified atom stereocenters. The molecule has 0 atom stereocenters. The van der Waals surface area contributed by atoms with Crippen LogP contribution in [0.5, 0.6) is 5.75 Å². The SMILES string of the molecule is [C-]#[N+]C(=CO)Cc1ccccc1OCc1ccccc1. The van der Waals surface area contributed by atoms with Gasteiger partial charge in [-0.05, 0) is 17.2 Å². The van der Waals surface area contributed by atoms with E-state index in [1.165, 1.54) is 0 Å². The van der Waals surface area contributed by atoms with Gasteiger partial charge in [-0.3, -0.25) is 0 Å². The summed E-state index contributed by atoms with van der Waals surface area (Å²) in [5, 5.41) is 8.97. The Bertz CT molecular complexity index is 627. The zero-order valence-electron chi connectivity index (χ0n) is 11.0. The maximum absolute atomic E-state index is 8.97. The van der Waals surface area contributed by atoms with Gasteiger partial charge in [0.1, 0.15) is 12.4 Å². The predicted octanol–water partition coefficient (Wildman–Crippen LogP) is 4.13. The highest BCUT2D eigenvalue weighted by molar-refractivity contribution is 5.37. The first-order valence-corrected chi connectivity index (χ1v) is 6.29. The molecule has 0 heterocycles. The van der Waals surface area contributed by atoms with Crippen molar-refractivity contribution in [1.29, 1.82) is 0 Å². The second kappa shape index (κ2) is 7.01. The van der Waals surface area contributed by atoms with Crippen molar-refractivity contribution < 1.29 is 9.84 Å². The quantitative estimate of drug-likeness (QED) is 0.651. The van der Waals surface area contributed by atoms with Gasteiger partial charge in [-0.2, -0.15) is 0 Å². The zero-order valence-corrected chi connectivity index (χ0v) is 11.0. The molecule has 3 nitrogen and oxygen atoms in total. The van der Waals surface area contributed by atoms with E-state index < -0.39 is 0 Å². The van der Waals surface area contributed by atoms with Gasteiger partial charge in [-0.1, -0.05) is 48.5 Å². The number of benzene rings is 2. The minimum absolute atomic E-state index is 0.292. The molecular formula is C17H15NO2. The number of aliphatic hydroxyl groups is 1. The molecule has 0 fully saturated rings. The van der Waals surface area contributed by atoms with E-state index in [9.17, 15) is 0 Å².